The number of aliphatic hydroxyl groups excluding tert-OH is 1. The predicted octanol–water partition coefficient (Wildman–Crippen LogP) is -1.14. The second-order valence-electron chi connectivity index (χ2n) is 10.00. The van der Waals surface area contributed by atoms with Crippen LogP contribution in [0, 0.1) is 0 Å². The summed E-state index contributed by atoms with van der Waals surface area (Å²) in [5.41, 5.74) is 11.1. The first-order valence-electron chi connectivity index (χ1n) is 12.8. The van der Waals surface area contributed by atoms with Crippen molar-refractivity contribution in [2.45, 2.75) is 47.4 Å². The van der Waals surface area contributed by atoms with Gasteiger partial charge in [0, 0.05) is 6.20 Å². The van der Waals surface area contributed by atoms with Crippen molar-refractivity contribution in [1.82, 2.24) is 44.9 Å². The van der Waals surface area contributed by atoms with Gasteiger partial charge in [0.15, 0.2) is 34.7 Å². The van der Waals surface area contributed by atoms with Crippen LogP contribution in [-0.4, -0.2) is 109 Å². The Morgan fingerprint density at radius 3 is 2.64 bits per heavy atom. The third-order valence-corrected chi connectivity index (χ3v) is 11.2. The number of aromatic nitrogens is 9. The van der Waals surface area contributed by atoms with E-state index in [1.165, 1.54) is 12.3 Å². The van der Waals surface area contributed by atoms with Gasteiger partial charge in [0.2, 0.25) is 5.95 Å². The highest BCUT2D eigenvalue weighted by atomic mass is 32.5. The van der Waals surface area contributed by atoms with Crippen molar-refractivity contribution in [3.8, 4) is 0 Å². The van der Waals surface area contributed by atoms with Crippen LogP contribution in [0.3, 0.4) is 0 Å². The lowest BCUT2D eigenvalue weighted by atomic mass is 10.1. The number of halogens is 1. The summed E-state index contributed by atoms with van der Waals surface area (Å²) in [5, 5.41) is 24.5. The molecule has 2 bridgehead atoms. The van der Waals surface area contributed by atoms with Crippen molar-refractivity contribution in [2.75, 3.05) is 24.7 Å². The second kappa shape index (κ2) is 11.2. The van der Waals surface area contributed by atoms with Crippen LogP contribution in [0.25, 0.3) is 22.3 Å². The zero-order valence-electron chi connectivity index (χ0n) is 22.2. The lowest BCUT2D eigenvalue weighted by Crippen LogP contribution is -2.35. The van der Waals surface area contributed by atoms with Crippen molar-refractivity contribution in [3.05, 3.63) is 22.6 Å². The van der Waals surface area contributed by atoms with Crippen LogP contribution in [0.1, 0.15) is 11.6 Å². The van der Waals surface area contributed by atoms with E-state index >= 15 is 4.39 Å². The SMILES string of the molecule is Nc1nc2c(nnn2[C@@H]2S[C@@H]3COP(=O)(O)O[C@H]4[C@H](F)[C@H](n5nnc6c(N)ccnc65)O[C@@H]4COP(O)(=S)O[C@@H]2[C@@H]3O)c(=O)[nH]1. The maximum Gasteiger partial charge on any atom is 0.472 e. The minimum Gasteiger partial charge on any atom is -0.397 e. The Bertz CT molecular complexity index is 1950. The van der Waals surface area contributed by atoms with Gasteiger partial charge in [0.05, 0.1) is 30.3 Å². The van der Waals surface area contributed by atoms with Gasteiger partial charge in [-0.25, -0.2) is 18.6 Å². The normalized spacial score (nSPS) is 37.7. The van der Waals surface area contributed by atoms with E-state index in [2.05, 4.69) is 35.6 Å². The number of hydrogen-bond acceptors (Lipinski definition) is 18. The van der Waals surface area contributed by atoms with E-state index < -0.39 is 80.8 Å². The Labute approximate surface area is 258 Å². The molecule has 8 N–H and O–H groups in total. The summed E-state index contributed by atoms with van der Waals surface area (Å²) in [4.78, 5) is 44.4. The van der Waals surface area contributed by atoms with E-state index in [-0.39, 0.29) is 34.0 Å². The Kier molecular flexibility index (Phi) is 7.70. The average Bonchev–Trinajstić information content (AvgIpc) is 3.72. The van der Waals surface area contributed by atoms with Crippen molar-refractivity contribution >= 4 is 72.1 Å². The predicted molar refractivity (Wildman–Crippen MR) is 153 cm³/mol. The van der Waals surface area contributed by atoms with Crippen molar-refractivity contribution in [2.24, 2.45) is 0 Å². The molecule has 3 aliphatic rings. The highest BCUT2D eigenvalue weighted by Gasteiger charge is 2.54. The van der Waals surface area contributed by atoms with Crippen molar-refractivity contribution in [1.29, 1.82) is 0 Å². The van der Waals surface area contributed by atoms with Gasteiger partial charge in [0.25, 0.3) is 5.56 Å². The molecule has 10 atom stereocenters. The summed E-state index contributed by atoms with van der Waals surface area (Å²) in [6, 6.07) is 1.47. The fourth-order valence-corrected chi connectivity index (χ4v) is 9.11. The zero-order valence-corrected chi connectivity index (χ0v) is 25.6. The lowest BCUT2D eigenvalue weighted by Gasteiger charge is -2.27. The molecule has 0 radical (unpaired) electrons. The number of fused-ring (bicyclic) bond motifs is 5. The Hall–Kier alpha value is -2.73. The molecule has 4 aromatic heterocycles. The highest BCUT2D eigenvalue weighted by molar-refractivity contribution is 8.07. The maximum absolute atomic E-state index is 15.9. The highest BCUT2D eigenvalue weighted by Crippen LogP contribution is 2.56. The number of ether oxygens (including phenoxy) is 1. The van der Waals surface area contributed by atoms with Crippen LogP contribution < -0.4 is 17.0 Å². The van der Waals surface area contributed by atoms with Gasteiger partial charge in [-0.05, 0) is 17.9 Å². The Balaban J connectivity index is 1.21. The van der Waals surface area contributed by atoms with E-state index in [4.69, 9.17) is 46.1 Å². The van der Waals surface area contributed by atoms with E-state index in [1.807, 2.05) is 0 Å². The first-order valence-corrected chi connectivity index (χ1v) is 17.9. The molecule has 2 unspecified atom stereocenters. The molecule has 0 amide bonds. The Morgan fingerprint density at radius 2 is 1.84 bits per heavy atom. The number of phosphoric acid groups is 1. The molecule has 0 saturated carbocycles. The molecule has 3 aliphatic heterocycles. The number of nitrogen functional groups attached to an aromatic ring is 2. The van der Waals surface area contributed by atoms with Crippen molar-refractivity contribution < 1.29 is 46.7 Å². The third-order valence-electron chi connectivity index (χ3n) is 7.12. The fourth-order valence-electron chi connectivity index (χ4n) is 5.08. The monoisotopic (exact) mass is 709 g/mol. The van der Waals surface area contributed by atoms with E-state index in [0.717, 1.165) is 21.1 Å². The molecule has 7 rings (SSSR count). The molecular weight excluding hydrogens is 687 g/mol. The maximum atomic E-state index is 15.9. The molecule has 45 heavy (non-hydrogen) atoms. The van der Waals surface area contributed by atoms with Gasteiger partial charge in [0.1, 0.15) is 23.7 Å². The molecule has 7 heterocycles. The number of nitrogens with two attached hydrogens (primary N) is 2. The number of thioether (sulfide) groups is 1. The number of rotatable bonds is 2. The zero-order chi connectivity index (χ0) is 31.8. The van der Waals surface area contributed by atoms with Crippen LogP contribution in [0.5, 0.6) is 0 Å². The van der Waals surface area contributed by atoms with Gasteiger partial charge in [-0.1, -0.05) is 10.4 Å². The topological polar surface area (TPSA) is 296 Å². The van der Waals surface area contributed by atoms with Crippen LogP contribution >= 0.6 is 26.3 Å². The summed E-state index contributed by atoms with van der Waals surface area (Å²) >= 11 is 6.11. The fraction of sp³-hybridized carbons (Fsp3) is 0.526. The second-order valence-corrected chi connectivity index (χ2v) is 15.6. The summed E-state index contributed by atoms with van der Waals surface area (Å²) in [7, 11) is -5.05. The summed E-state index contributed by atoms with van der Waals surface area (Å²) in [6.45, 7) is -5.63. The van der Waals surface area contributed by atoms with Crippen LogP contribution in [0.2, 0.25) is 0 Å². The molecule has 0 spiro atoms. The molecule has 0 aromatic carbocycles. The number of nitrogens with zero attached hydrogens (tertiary/aromatic N) is 8. The number of phosphoric ester groups is 1. The number of aliphatic hydroxyl groups is 1. The number of pyridine rings is 1. The first-order chi connectivity index (χ1) is 21.3. The quantitative estimate of drug-likeness (QED) is 0.134. The lowest BCUT2D eigenvalue weighted by molar-refractivity contribution is -0.0511. The molecule has 21 nitrogen and oxygen atoms in total. The van der Waals surface area contributed by atoms with Gasteiger partial charge < -0.3 is 35.6 Å². The van der Waals surface area contributed by atoms with E-state index in [1.54, 1.807) is 0 Å². The first kappa shape index (κ1) is 30.9. The van der Waals surface area contributed by atoms with Gasteiger partial charge in [-0.15, -0.1) is 22.0 Å². The molecule has 4 aromatic rings. The van der Waals surface area contributed by atoms with Crippen LogP contribution in [-0.2, 0) is 39.2 Å². The summed E-state index contributed by atoms with van der Waals surface area (Å²) in [6.07, 6.45) is -8.61. The molecule has 0 aliphatic carbocycles. The number of nitrogens with one attached hydrogen (secondary N) is 1. The summed E-state index contributed by atoms with van der Waals surface area (Å²) in [5.74, 6) is -0.248. The third kappa shape index (κ3) is 5.53. The van der Waals surface area contributed by atoms with Gasteiger partial charge in [-0.3, -0.25) is 23.3 Å². The minimum atomic E-state index is -5.05. The van der Waals surface area contributed by atoms with Crippen LogP contribution in [0.15, 0.2) is 17.1 Å². The number of H-pyrrole nitrogens is 1. The molecule has 26 heteroatoms. The minimum absolute atomic E-state index is 0.0592. The van der Waals surface area contributed by atoms with Crippen LogP contribution in [0.4, 0.5) is 16.0 Å². The van der Waals surface area contributed by atoms with E-state index in [0.29, 0.717) is 0 Å². The molecule has 242 valence electrons. The molecular formula is C19H22FN11O10P2S2. The molecule has 3 fully saturated rings. The number of aromatic amines is 1. The van der Waals surface area contributed by atoms with Crippen molar-refractivity contribution in [3.63, 3.8) is 0 Å². The molecule has 3 saturated heterocycles. The number of hydrogen-bond donors (Lipinski definition) is 6. The van der Waals surface area contributed by atoms with Gasteiger partial charge in [-0.2, -0.15) is 9.67 Å². The van der Waals surface area contributed by atoms with Gasteiger partial charge >= 0.3 is 14.5 Å². The largest absolute Gasteiger partial charge is 0.472 e. The summed E-state index contributed by atoms with van der Waals surface area (Å²) < 4.78 is 58.4. The number of alkyl halides is 1. The Morgan fingerprint density at radius 1 is 1.09 bits per heavy atom. The standard InChI is InChI=1S/C19H22FN11O10P2S2/c20-8-12-6(39-17(8)30-14-9(26-28-30)5(21)1-2-23-14)3-38-43(36,44)41-13-11(32)7(4-37-42(34,35)40-12)45-18(13)31-15-10(27-29-31)16(33)25-19(22)24-15/h1-2,6-8,11-13,17-18,32H,3-4H2,(H2,21,23)(H,34,35)(H,36,44)(H3,22,24,25,33)/t6-,7-,8+,11-,12-,13-,17-,18-,43?/m1/s1. The smallest absolute Gasteiger partial charge is 0.397 e. The number of anilines is 2. The van der Waals surface area contributed by atoms with E-state index in [9.17, 15) is 24.3 Å². The average molecular weight is 710 g/mol.